The van der Waals surface area contributed by atoms with Crippen LogP contribution in [0.3, 0.4) is 0 Å². The van der Waals surface area contributed by atoms with E-state index in [2.05, 4.69) is 26.6 Å². The van der Waals surface area contributed by atoms with Crippen LogP contribution in [0.4, 0.5) is 10.5 Å². The minimum atomic E-state index is -1.04. The molecule has 2 amide bonds. The first kappa shape index (κ1) is 21.2. The maximum Gasteiger partial charge on any atom is 0.319 e. The number of amides is 2. The normalized spacial score (nSPS) is 11.0. The molecule has 1 aromatic rings. The van der Waals surface area contributed by atoms with Crippen LogP contribution in [-0.2, 0) is 9.59 Å². The lowest BCUT2D eigenvalue weighted by Crippen LogP contribution is -2.38. The van der Waals surface area contributed by atoms with Crippen LogP contribution in [0.5, 0.6) is 0 Å². The molecule has 0 radical (unpaired) electrons. The monoisotopic (exact) mass is 412 g/mol. The molecule has 0 spiro atoms. The number of nitrogens with one attached hydrogen (secondary N) is 2. The SMILES string of the molecule is CCCC(CCC)(CC(=O)CNC(=O)Nc1ccc(Br)cc1)C(=O)O. The molecule has 0 aromatic heterocycles. The second-order valence-corrected chi connectivity index (χ2v) is 7.03. The minimum absolute atomic E-state index is 0.0669. The van der Waals surface area contributed by atoms with Gasteiger partial charge >= 0.3 is 12.0 Å². The summed E-state index contributed by atoms with van der Waals surface area (Å²) in [6.07, 6.45) is 2.22. The van der Waals surface area contributed by atoms with E-state index in [0.29, 0.717) is 31.4 Å². The zero-order valence-corrected chi connectivity index (χ0v) is 16.2. The minimum Gasteiger partial charge on any atom is -0.481 e. The third kappa shape index (κ3) is 6.86. The van der Waals surface area contributed by atoms with E-state index in [4.69, 9.17) is 0 Å². The van der Waals surface area contributed by atoms with E-state index < -0.39 is 17.4 Å². The first-order valence-electron chi connectivity index (χ1n) is 8.38. The average molecular weight is 413 g/mol. The summed E-state index contributed by atoms with van der Waals surface area (Å²) >= 11 is 3.31. The van der Waals surface area contributed by atoms with Crippen LogP contribution in [0.1, 0.15) is 46.0 Å². The number of aliphatic carboxylic acids is 1. The highest BCUT2D eigenvalue weighted by atomic mass is 79.9. The van der Waals surface area contributed by atoms with Crippen LogP contribution in [0, 0.1) is 5.41 Å². The summed E-state index contributed by atoms with van der Waals surface area (Å²) in [6.45, 7) is 3.62. The number of Topliss-reactive ketones (excluding diaryl/α,β-unsaturated/α-hetero) is 1. The molecule has 138 valence electrons. The first-order valence-corrected chi connectivity index (χ1v) is 9.17. The Bertz CT molecular complexity index is 596. The van der Waals surface area contributed by atoms with Crippen molar-refractivity contribution in [3.8, 4) is 0 Å². The van der Waals surface area contributed by atoms with Gasteiger partial charge < -0.3 is 15.7 Å². The molecule has 0 saturated heterocycles. The van der Waals surface area contributed by atoms with Gasteiger partial charge in [0.15, 0.2) is 5.78 Å². The lowest BCUT2D eigenvalue weighted by atomic mass is 9.75. The molecule has 0 aliphatic rings. The van der Waals surface area contributed by atoms with Crippen molar-refractivity contribution in [1.82, 2.24) is 5.32 Å². The predicted octanol–water partition coefficient (Wildman–Crippen LogP) is 4.20. The molecule has 0 heterocycles. The van der Waals surface area contributed by atoms with E-state index in [1.807, 2.05) is 13.8 Å². The third-order valence-electron chi connectivity index (χ3n) is 3.99. The highest BCUT2D eigenvalue weighted by Crippen LogP contribution is 2.34. The maximum absolute atomic E-state index is 12.2. The van der Waals surface area contributed by atoms with Gasteiger partial charge in [-0.3, -0.25) is 9.59 Å². The molecule has 0 unspecified atom stereocenters. The van der Waals surface area contributed by atoms with E-state index >= 15 is 0 Å². The lowest BCUT2D eigenvalue weighted by molar-refractivity contribution is -0.152. The van der Waals surface area contributed by atoms with Crippen molar-refractivity contribution in [2.75, 3.05) is 11.9 Å². The number of benzene rings is 1. The maximum atomic E-state index is 12.2. The fourth-order valence-corrected chi connectivity index (χ4v) is 3.14. The van der Waals surface area contributed by atoms with Crippen LogP contribution in [0.25, 0.3) is 0 Å². The fraction of sp³-hybridized carbons (Fsp3) is 0.500. The Morgan fingerprint density at radius 3 is 2.12 bits per heavy atom. The largest absolute Gasteiger partial charge is 0.481 e. The summed E-state index contributed by atoms with van der Waals surface area (Å²) in [6, 6.07) is 6.53. The molecule has 0 saturated carbocycles. The highest BCUT2D eigenvalue weighted by molar-refractivity contribution is 9.10. The van der Waals surface area contributed by atoms with Crippen LogP contribution in [-0.4, -0.2) is 29.4 Å². The van der Waals surface area contributed by atoms with Gasteiger partial charge in [-0.25, -0.2) is 4.79 Å². The Balaban J connectivity index is 2.57. The third-order valence-corrected chi connectivity index (χ3v) is 4.52. The molecule has 0 fully saturated rings. The van der Waals surface area contributed by atoms with Gasteiger partial charge in [-0.05, 0) is 37.1 Å². The molecule has 6 nitrogen and oxygen atoms in total. The Morgan fingerprint density at radius 2 is 1.64 bits per heavy atom. The van der Waals surface area contributed by atoms with E-state index in [9.17, 15) is 19.5 Å². The Morgan fingerprint density at radius 1 is 1.08 bits per heavy atom. The van der Waals surface area contributed by atoms with E-state index in [-0.39, 0.29) is 18.7 Å². The molecule has 0 aliphatic heterocycles. The van der Waals surface area contributed by atoms with Crippen molar-refractivity contribution < 1.29 is 19.5 Å². The number of urea groups is 1. The van der Waals surface area contributed by atoms with Crippen LogP contribution in [0.2, 0.25) is 0 Å². The number of halogens is 1. The fourth-order valence-electron chi connectivity index (χ4n) is 2.88. The van der Waals surface area contributed by atoms with Crippen molar-refractivity contribution in [1.29, 1.82) is 0 Å². The molecule has 0 aliphatic carbocycles. The van der Waals surface area contributed by atoms with Crippen LogP contribution in [0.15, 0.2) is 28.7 Å². The summed E-state index contributed by atoms with van der Waals surface area (Å²) in [4.78, 5) is 35.7. The summed E-state index contributed by atoms with van der Waals surface area (Å²) in [5, 5.41) is 14.7. The van der Waals surface area contributed by atoms with Gasteiger partial charge in [0.05, 0.1) is 12.0 Å². The molecule has 1 rings (SSSR count). The molecule has 1 aromatic carbocycles. The summed E-state index contributed by atoms with van der Waals surface area (Å²) in [5.74, 6) is -1.22. The number of hydrogen-bond donors (Lipinski definition) is 3. The second-order valence-electron chi connectivity index (χ2n) is 6.12. The average Bonchev–Trinajstić information content (AvgIpc) is 2.55. The number of carbonyl (C=O) groups is 3. The van der Waals surface area contributed by atoms with Crippen LogP contribution >= 0.6 is 15.9 Å². The number of rotatable bonds is 10. The number of carboxylic acids is 1. The lowest BCUT2D eigenvalue weighted by Gasteiger charge is -2.28. The zero-order valence-electron chi connectivity index (χ0n) is 14.6. The van der Waals surface area contributed by atoms with Crippen molar-refractivity contribution >= 4 is 39.4 Å². The number of ketones is 1. The smallest absolute Gasteiger partial charge is 0.319 e. The number of carbonyl (C=O) groups excluding carboxylic acids is 2. The summed E-state index contributed by atoms with van der Waals surface area (Å²) in [5.41, 5.74) is -0.435. The molecule has 0 atom stereocenters. The Hall–Kier alpha value is -1.89. The Labute approximate surface area is 156 Å². The number of anilines is 1. The van der Waals surface area contributed by atoms with Crippen molar-refractivity contribution in [2.45, 2.75) is 46.0 Å². The van der Waals surface area contributed by atoms with Gasteiger partial charge in [-0.1, -0.05) is 42.6 Å². The van der Waals surface area contributed by atoms with E-state index in [0.717, 1.165) is 4.47 Å². The molecule has 0 bridgehead atoms. The standard InChI is InChI=1S/C18H25BrN2O4/c1-3-9-18(10-4-2,16(23)24)11-15(22)12-20-17(25)21-14-7-5-13(19)6-8-14/h5-8H,3-4,9-12H2,1-2H3,(H,23,24)(H2,20,21,25). The van der Waals surface area contributed by atoms with Gasteiger partial charge in [0.2, 0.25) is 0 Å². The van der Waals surface area contributed by atoms with Gasteiger partial charge in [-0.15, -0.1) is 0 Å². The quantitative estimate of drug-likeness (QED) is 0.536. The number of hydrogen-bond acceptors (Lipinski definition) is 3. The van der Waals surface area contributed by atoms with Crippen LogP contribution < -0.4 is 10.6 Å². The molecule has 7 heteroatoms. The molecule has 25 heavy (non-hydrogen) atoms. The zero-order chi connectivity index (χ0) is 18.9. The highest BCUT2D eigenvalue weighted by Gasteiger charge is 2.38. The molecular weight excluding hydrogens is 388 g/mol. The van der Waals surface area contributed by atoms with Gasteiger partial charge in [0, 0.05) is 16.6 Å². The topological polar surface area (TPSA) is 95.5 Å². The van der Waals surface area contributed by atoms with Crippen molar-refractivity contribution in [3.63, 3.8) is 0 Å². The van der Waals surface area contributed by atoms with Crippen molar-refractivity contribution in [2.24, 2.45) is 5.41 Å². The first-order chi connectivity index (χ1) is 11.8. The molecular formula is C18H25BrN2O4. The number of carboxylic acid groups (broad SMARTS) is 1. The van der Waals surface area contributed by atoms with Crippen molar-refractivity contribution in [3.05, 3.63) is 28.7 Å². The Kier molecular flexibility index (Phi) is 8.61. The second kappa shape index (κ2) is 10.2. The van der Waals surface area contributed by atoms with Gasteiger partial charge in [0.1, 0.15) is 0 Å². The summed E-state index contributed by atoms with van der Waals surface area (Å²) in [7, 11) is 0. The van der Waals surface area contributed by atoms with E-state index in [1.165, 1.54) is 0 Å². The molecule has 3 N–H and O–H groups in total. The van der Waals surface area contributed by atoms with Gasteiger partial charge in [-0.2, -0.15) is 0 Å². The van der Waals surface area contributed by atoms with E-state index in [1.54, 1.807) is 24.3 Å². The summed E-state index contributed by atoms with van der Waals surface area (Å²) < 4.78 is 0.894. The predicted molar refractivity (Wildman–Crippen MR) is 101 cm³/mol. The van der Waals surface area contributed by atoms with Gasteiger partial charge in [0.25, 0.3) is 0 Å².